The normalized spacial score (nSPS) is 13.7. The number of fused-ring (bicyclic) bond motifs is 1. The van der Waals surface area contributed by atoms with Gasteiger partial charge in [-0.1, -0.05) is 107 Å². The zero-order chi connectivity index (χ0) is 54.0. The average Bonchev–Trinajstić information content (AvgIpc) is 3.69. The number of carbonyl (C=O) groups is 8. The van der Waals surface area contributed by atoms with Gasteiger partial charge >= 0.3 is 24.1 Å². The molecule has 4 rings (SSSR count). The minimum absolute atomic E-state index is 0.0164. The number of para-hydroxylation sites is 1. The SMILES string of the molecule is CC(C)C[C@H](NC(=O)[C@H](NC(=O)[C@H](CO)NC(=O)OC(C)(C)C)C(C)C)C(=O)N[C@H](Cc1cn(C(=O)OCc2ccccc2)c2ccccc12)C(=O)N[C@@H](CCC(=O)OCc1ccccc1)C(=O)OC(C)(C)C. The number of nitrogens with zero attached hydrogens (tertiary/aromatic N) is 1. The van der Waals surface area contributed by atoms with Crippen molar-refractivity contribution in [2.24, 2.45) is 11.8 Å². The molecule has 0 radical (unpaired) electrons. The molecule has 1 aromatic heterocycles. The highest BCUT2D eigenvalue weighted by molar-refractivity contribution is 5.97. The summed E-state index contributed by atoms with van der Waals surface area (Å²) in [6.07, 6.45) is -0.901. The minimum atomic E-state index is -1.49. The summed E-state index contributed by atoms with van der Waals surface area (Å²) in [7, 11) is 0. The van der Waals surface area contributed by atoms with Crippen LogP contribution < -0.4 is 26.6 Å². The fourth-order valence-corrected chi connectivity index (χ4v) is 7.42. The maximum Gasteiger partial charge on any atom is 0.418 e. The van der Waals surface area contributed by atoms with Crippen molar-refractivity contribution in [2.75, 3.05) is 6.61 Å². The summed E-state index contributed by atoms with van der Waals surface area (Å²) in [6, 6.07) is 18.0. The van der Waals surface area contributed by atoms with Crippen molar-refractivity contribution in [3.05, 3.63) is 108 Å². The third-order valence-electron chi connectivity index (χ3n) is 10.9. The first-order valence-corrected chi connectivity index (χ1v) is 24.4. The average molecular weight is 1010 g/mol. The van der Waals surface area contributed by atoms with Crippen LogP contribution in [0.15, 0.2) is 91.1 Å². The lowest BCUT2D eigenvalue weighted by Crippen LogP contribution is -2.60. The Morgan fingerprint density at radius 2 is 1.11 bits per heavy atom. The molecule has 0 aliphatic carbocycles. The molecule has 3 aromatic carbocycles. The topological polar surface area (TPSA) is 259 Å². The van der Waals surface area contributed by atoms with Gasteiger partial charge in [-0.05, 0) is 89.0 Å². The molecule has 0 aliphatic rings. The van der Waals surface area contributed by atoms with Crippen LogP contribution in [0, 0.1) is 11.8 Å². The summed E-state index contributed by atoms with van der Waals surface area (Å²) in [4.78, 5) is 110. The van der Waals surface area contributed by atoms with E-state index < -0.39 is 102 Å². The summed E-state index contributed by atoms with van der Waals surface area (Å²) in [6.45, 7) is 15.9. The van der Waals surface area contributed by atoms with E-state index in [1.165, 1.54) is 10.8 Å². The molecule has 0 saturated carbocycles. The van der Waals surface area contributed by atoms with Gasteiger partial charge in [-0.25, -0.2) is 14.4 Å². The zero-order valence-electron chi connectivity index (χ0n) is 43.4. The van der Waals surface area contributed by atoms with E-state index in [4.69, 9.17) is 18.9 Å². The number of rotatable bonds is 23. The number of benzene rings is 3. The molecule has 0 unspecified atom stereocenters. The van der Waals surface area contributed by atoms with Crippen molar-refractivity contribution in [3.63, 3.8) is 0 Å². The summed E-state index contributed by atoms with van der Waals surface area (Å²) in [5.41, 5.74) is 0.472. The number of hydrogen-bond donors (Lipinski definition) is 6. The lowest BCUT2D eigenvalue weighted by atomic mass is 9.98. The zero-order valence-corrected chi connectivity index (χ0v) is 43.4. The quantitative estimate of drug-likeness (QED) is 0.0382. The predicted molar refractivity (Wildman–Crippen MR) is 271 cm³/mol. The molecule has 19 heteroatoms. The number of aliphatic hydroxyl groups excluding tert-OH is 1. The number of aliphatic hydroxyl groups is 1. The highest BCUT2D eigenvalue weighted by Gasteiger charge is 2.36. The highest BCUT2D eigenvalue weighted by Crippen LogP contribution is 2.24. The first-order chi connectivity index (χ1) is 34.3. The van der Waals surface area contributed by atoms with Crippen LogP contribution in [0.4, 0.5) is 9.59 Å². The van der Waals surface area contributed by atoms with Crippen LogP contribution in [0.1, 0.15) is 105 Å². The molecule has 5 atom stereocenters. The molecule has 1 heterocycles. The van der Waals surface area contributed by atoms with Crippen LogP contribution in [-0.4, -0.2) is 105 Å². The Morgan fingerprint density at radius 3 is 1.67 bits per heavy atom. The second-order valence-electron chi connectivity index (χ2n) is 20.4. The molecule has 5 amide bonds. The van der Waals surface area contributed by atoms with Crippen LogP contribution >= 0.6 is 0 Å². The third kappa shape index (κ3) is 19.3. The Kier molecular flexibility index (Phi) is 21.5. The van der Waals surface area contributed by atoms with E-state index in [1.807, 2.05) is 50.2 Å². The Morgan fingerprint density at radius 1 is 0.589 bits per heavy atom. The van der Waals surface area contributed by atoms with Crippen molar-refractivity contribution in [1.82, 2.24) is 31.2 Å². The van der Waals surface area contributed by atoms with Gasteiger partial charge in [0.1, 0.15) is 54.6 Å². The van der Waals surface area contributed by atoms with E-state index in [9.17, 15) is 43.5 Å². The molecule has 0 bridgehead atoms. The Balaban J connectivity index is 1.67. The van der Waals surface area contributed by atoms with Gasteiger partial charge in [0.2, 0.25) is 23.6 Å². The molecule has 73 heavy (non-hydrogen) atoms. The number of carbonyl (C=O) groups excluding carboxylic acids is 8. The van der Waals surface area contributed by atoms with Gasteiger partial charge < -0.3 is 50.6 Å². The largest absolute Gasteiger partial charge is 0.461 e. The van der Waals surface area contributed by atoms with Crippen molar-refractivity contribution in [2.45, 2.75) is 150 Å². The van der Waals surface area contributed by atoms with Gasteiger partial charge in [-0.2, -0.15) is 0 Å². The number of amides is 5. The summed E-state index contributed by atoms with van der Waals surface area (Å²) < 4.78 is 23.3. The molecule has 6 N–H and O–H groups in total. The van der Waals surface area contributed by atoms with Crippen LogP contribution in [0.2, 0.25) is 0 Å². The van der Waals surface area contributed by atoms with Crippen LogP contribution in [0.3, 0.4) is 0 Å². The maximum absolute atomic E-state index is 14.7. The molecular formula is C54H72N6O13. The van der Waals surface area contributed by atoms with E-state index >= 15 is 0 Å². The Labute approximate surface area is 426 Å². The first kappa shape index (κ1) is 58.3. The maximum atomic E-state index is 14.7. The fourth-order valence-electron chi connectivity index (χ4n) is 7.42. The minimum Gasteiger partial charge on any atom is -0.461 e. The van der Waals surface area contributed by atoms with E-state index in [1.54, 1.807) is 104 Å². The summed E-state index contributed by atoms with van der Waals surface area (Å²) >= 11 is 0. The molecule has 4 aromatic rings. The smallest absolute Gasteiger partial charge is 0.418 e. The van der Waals surface area contributed by atoms with Gasteiger partial charge in [0.05, 0.1) is 12.1 Å². The Bertz CT molecular complexity index is 2510. The molecule has 0 spiro atoms. The molecule has 396 valence electrons. The molecule has 0 aliphatic heterocycles. The lowest BCUT2D eigenvalue weighted by Gasteiger charge is -2.29. The van der Waals surface area contributed by atoms with Crippen molar-refractivity contribution >= 4 is 58.7 Å². The van der Waals surface area contributed by atoms with Crippen LogP contribution in [0.5, 0.6) is 0 Å². The predicted octanol–water partition coefficient (Wildman–Crippen LogP) is 5.76. The number of aromatic nitrogens is 1. The van der Waals surface area contributed by atoms with Crippen molar-refractivity contribution in [3.8, 4) is 0 Å². The lowest BCUT2D eigenvalue weighted by molar-refractivity contribution is -0.159. The third-order valence-corrected chi connectivity index (χ3v) is 10.9. The van der Waals surface area contributed by atoms with Crippen molar-refractivity contribution < 1.29 is 62.4 Å². The highest BCUT2D eigenvalue weighted by atomic mass is 16.6. The second-order valence-corrected chi connectivity index (χ2v) is 20.4. The van der Waals surface area contributed by atoms with E-state index in [-0.39, 0.29) is 44.8 Å². The number of esters is 2. The molecule has 0 fully saturated rings. The number of alkyl carbamates (subject to hydrolysis) is 1. The van der Waals surface area contributed by atoms with Crippen LogP contribution in [-0.2, 0) is 67.3 Å². The van der Waals surface area contributed by atoms with E-state index in [2.05, 4.69) is 26.6 Å². The molecule has 0 saturated heterocycles. The number of nitrogens with one attached hydrogen (secondary N) is 5. The van der Waals surface area contributed by atoms with Gasteiger partial charge in [0.25, 0.3) is 0 Å². The number of ether oxygens (including phenoxy) is 4. The molecule has 19 nitrogen and oxygen atoms in total. The van der Waals surface area contributed by atoms with Gasteiger partial charge in [0.15, 0.2) is 0 Å². The number of hydrogen-bond acceptors (Lipinski definition) is 13. The second kappa shape index (κ2) is 27.0. The first-order valence-electron chi connectivity index (χ1n) is 24.4. The fraction of sp³-hybridized carbons (Fsp3) is 0.481. The van der Waals surface area contributed by atoms with Crippen LogP contribution in [0.25, 0.3) is 10.9 Å². The van der Waals surface area contributed by atoms with E-state index in [0.717, 1.165) is 11.1 Å². The van der Waals surface area contributed by atoms with Gasteiger partial charge in [0, 0.05) is 24.4 Å². The van der Waals surface area contributed by atoms with Gasteiger partial charge in [-0.15, -0.1) is 0 Å². The Hall–Kier alpha value is -7.28. The summed E-state index contributed by atoms with van der Waals surface area (Å²) in [5, 5.41) is 23.6. The summed E-state index contributed by atoms with van der Waals surface area (Å²) in [5.74, 6) is -5.60. The van der Waals surface area contributed by atoms with Crippen molar-refractivity contribution in [1.29, 1.82) is 0 Å². The molecular weight excluding hydrogens is 941 g/mol. The van der Waals surface area contributed by atoms with E-state index in [0.29, 0.717) is 16.5 Å². The standard InChI is InChI=1S/C54H72N6O13/c1-33(2)27-40(57-49(66)45(34(3)4)59-48(65)42(30-61)58-51(68)73-54(8,9)10)46(63)56-41(28-37-29-60(43-24-18-17-23-38(37)43)52(69)71-32-36-21-15-12-16-22-36)47(64)55-39(50(67)72-53(5,6)7)25-26-44(62)70-31-35-19-13-11-14-20-35/h11-24,29,33-34,39-42,45,61H,25-28,30-32H2,1-10H3,(H,55,64)(H,56,63)(H,57,66)(H,58,68)(H,59,65)/t39-,40-,41+,42-,45+/m0/s1. The van der Waals surface area contributed by atoms with Gasteiger partial charge in [-0.3, -0.25) is 28.5 Å². The monoisotopic (exact) mass is 1010 g/mol.